The van der Waals surface area contributed by atoms with Crippen molar-refractivity contribution in [3.05, 3.63) is 80.4 Å². The number of hydrogen-bond acceptors (Lipinski definition) is 7. The van der Waals surface area contributed by atoms with E-state index in [1.165, 1.54) is 35.9 Å². The maximum Gasteiger partial charge on any atom is 0.338 e. The number of methoxy groups -OCH3 is 1. The van der Waals surface area contributed by atoms with Gasteiger partial charge in [-0.2, -0.15) is 0 Å². The third kappa shape index (κ3) is 4.63. The highest BCUT2D eigenvalue weighted by atomic mass is 32.2. The molecular weight excluding hydrogens is 449 g/mol. The number of benzene rings is 1. The molecule has 1 N–H and O–H groups in total. The summed E-state index contributed by atoms with van der Waals surface area (Å²) in [6, 6.07) is 9.50. The highest BCUT2D eigenvalue weighted by molar-refractivity contribution is 8.16. The Bertz CT molecular complexity index is 1130. The normalized spacial score (nSPS) is 17.6. The largest absolute Gasteiger partial charge is 0.466 e. The van der Waals surface area contributed by atoms with Crippen molar-refractivity contribution in [1.82, 2.24) is 10.2 Å². The summed E-state index contributed by atoms with van der Waals surface area (Å²) in [6.07, 6.45) is 0.893. The highest BCUT2D eigenvalue weighted by Crippen LogP contribution is 2.44. The molecule has 166 valence electrons. The first-order valence-corrected chi connectivity index (χ1v) is 11.8. The van der Waals surface area contributed by atoms with Crippen LogP contribution in [0.1, 0.15) is 29.8 Å². The zero-order valence-electron chi connectivity index (χ0n) is 17.6. The molecular formula is C23H22FN3O3S2. The smallest absolute Gasteiger partial charge is 0.338 e. The molecule has 9 heteroatoms. The van der Waals surface area contributed by atoms with E-state index in [-0.39, 0.29) is 12.3 Å². The number of hydrogen-bond donors (Lipinski definition) is 1. The SMILES string of the molecule is COC(=O)C1=C(C)N=C2SC=C(CC(=O)NCCc3cccs3)N2C1c1cccc(F)c1. The fourth-order valence-corrected chi connectivity index (χ4v) is 5.41. The van der Waals surface area contributed by atoms with E-state index >= 15 is 0 Å². The molecule has 32 heavy (non-hydrogen) atoms. The second-order valence-electron chi connectivity index (χ2n) is 7.30. The molecule has 0 saturated carbocycles. The summed E-state index contributed by atoms with van der Waals surface area (Å²) in [7, 11) is 1.31. The van der Waals surface area contributed by atoms with Crippen LogP contribution < -0.4 is 5.32 Å². The predicted molar refractivity (Wildman–Crippen MR) is 124 cm³/mol. The first-order chi connectivity index (χ1) is 15.5. The number of aliphatic imine (C=N–C) groups is 1. The summed E-state index contributed by atoms with van der Waals surface area (Å²) in [5, 5.41) is 7.46. The van der Waals surface area contributed by atoms with E-state index in [0.29, 0.717) is 34.2 Å². The Kier molecular flexibility index (Phi) is 6.76. The zero-order valence-corrected chi connectivity index (χ0v) is 19.3. The average molecular weight is 472 g/mol. The fourth-order valence-electron chi connectivity index (χ4n) is 3.74. The standard InChI is InChI=1S/C23H22FN3O3S2/c1-14-20(22(29)30-2)21(15-5-3-6-16(24)11-15)27-17(13-32-23(27)26-14)12-19(28)25-9-8-18-7-4-10-31-18/h3-7,10-11,13,21H,8-9,12H2,1-2H3,(H,25,28). The molecule has 1 aromatic heterocycles. The minimum atomic E-state index is -0.634. The third-order valence-electron chi connectivity index (χ3n) is 5.19. The number of carbonyl (C=O) groups is 2. The molecule has 0 aliphatic carbocycles. The maximum absolute atomic E-state index is 14.1. The van der Waals surface area contributed by atoms with Gasteiger partial charge in [-0.1, -0.05) is 30.0 Å². The number of esters is 1. The molecule has 0 spiro atoms. The van der Waals surface area contributed by atoms with Gasteiger partial charge in [0.15, 0.2) is 5.17 Å². The predicted octanol–water partition coefficient (Wildman–Crippen LogP) is 4.38. The Morgan fingerprint density at radius 2 is 2.12 bits per heavy atom. The van der Waals surface area contributed by atoms with Gasteiger partial charge < -0.3 is 15.0 Å². The van der Waals surface area contributed by atoms with Crippen molar-refractivity contribution in [2.75, 3.05) is 13.7 Å². The van der Waals surface area contributed by atoms with Gasteiger partial charge in [0, 0.05) is 17.1 Å². The van der Waals surface area contributed by atoms with Crippen LogP contribution in [0.25, 0.3) is 0 Å². The van der Waals surface area contributed by atoms with E-state index in [4.69, 9.17) is 4.74 Å². The van der Waals surface area contributed by atoms with Crippen LogP contribution in [-0.2, 0) is 20.7 Å². The molecule has 4 rings (SSSR count). The number of ether oxygens (including phenoxy) is 1. The van der Waals surface area contributed by atoms with Crippen LogP contribution in [0.3, 0.4) is 0 Å². The number of nitrogens with zero attached hydrogens (tertiary/aromatic N) is 2. The molecule has 2 aromatic rings. The van der Waals surface area contributed by atoms with E-state index in [2.05, 4.69) is 10.3 Å². The second kappa shape index (κ2) is 9.70. The maximum atomic E-state index is 14.1. The number of carbonyl (C=O) groups excluding carboxylic acids is 2. The van der Waals surface area contributed by atoms with Crippen LogP contribution in [-0.4, -0.2) is 35.6 Å². The minimum absolute atomic E-state index is 0.121. The van der Waals surface area contributed by atoms with Crippen LogP contribution in [0.5, 0.6) is 0 Å². The van der Waals surface area contributed by atoms with E-state index in [0.717, 1.165) is 6.42 Å². The van der Waals surface area contributed by atoms with E-state index < -0.39 is 17.8 Å². The molecule has 1 unspecified atom stereocenters. The Morgan fingerprint density at radius 3 is 2.84 bits per heavy atom. The Morgan fingerprint density at radius 1 is 1.28 bits per heavy atom. The fraction of sp³-hybridized carbons (Fsp3) is 0.261. The zero-order chi connectivity index (χ0) is 22.7. The molecule has 6 nitrogen and oxygen atoms in total. The highest BCUT2D eigenvalue weighted by Gasteiger charge is 2.41. The second-order valence-corrected chi connectivity index (χ2v) is 9.16. The van der Waals surface area contributed by atoms with Crippen molar-refractivity contribution in [1.29, 1.82) is 0 Å². The Balaban J connectivity index is 1.57. The van der Waals surface area contributed by atoms with Gasteiger partial charge in [0.25, 0.3) is 0 Å². The first-order valence-electron chi connectivity index (χ1n) is 10.0. The summed E-state index contributed by atoms with van der Waals surface area (Å²) in [4.78, 5) is 32.9. The number of thioether (sulfide) groups is 1. The molecule has 1 atom stereocenters. The Hall–Kier alpha value is -2.91. The summed E-state index contributed by atoms with van der Waals surface area (Å²) >= 11 is 3.04. The Labute approximate surface area is 193 Å². The van der Waals surface area contributed by atoms with Crippen LogP contribution in [0.2, 0.25) is 0 Å². The molecule has 3 heterocycles. The third-order valence-corrected chi connectivity index (χ3v) is 7.01. The van der Waals surface area contributed by atoms with Crippen LogP contribution in [0.15, 0.2) is 69.1 Å². The lowest BCUT2D eigenvalue weighted by molar-refractivity contribution is -0.136. The summed E-state index contributed by atoms with van der Waals surface area (Å²) in [5.74, 6) is -1.06. The number of thiophene rings is 1. The van der Waals surface area contributed by atoms with E-state index in [1.807, 2.05) is 27.8 Å². The van der Waals surface area contributed by atoms with Crippen molar-refractivity contribution >= 4 is 40.1 Å². The van der Waals surface area contributed by atoms with Gasteiger partial charge >= 0.3 is 5.97 Å². The molecule has 2 aliphatic rings. The van der Waals surface area contributed by atoms with Gasteiger partial charge in [0.2, 0.25) is 5.91 Å². The average Bonchev–Trinajstić information content (AvgIpc) is 3.42. The molecule has 1 amide bonds. The topological polar surface area (TPSA) is 71.0 Å². The van der Waals surface area contributed by atoms with Crippen molar-refractivity contribution < 1.29 is 18.7 Å². The van der Waals surface area contributed by atoms with Gasteiger partial charge in [-0.15, -0.1) is 11.3 Å². The van der Waals surface area contributed by atoms with Crippen molar-refractivity contribution in [2.45, 2.75) is 25.8 Å². The van der Waals surface area contributed by atoms with Crippen molar-refractivity contribution in [3.8, 4) is 0 Å². The van der Waals surface area contributed by atoms with Crippen molar-refractivity contribution in [2.24, 2.45) is 4.99 Å². The number of rotatable bonds is 7. The van der Waals surface area contributed by atoms with Gasteiger partial charge in [-0.3, -0.25) is 4.79 Å². The molecule has 1 aromatic carbocycles. The number of fused-ring (bicyclic) bond motifs is 1. The van der Waals surface area contributed by atoms with Gasteiger partial charge in [-0.25, -0.2) is 14.2 Å². The number of nitrogens with one attached hydrogen (secondary N) is 1. The summed E-state index contributed by atoms with van der Waals surface area (Å²) < 4.78 is 19.1. The summed E-state index contributed by atoms with van der Waals surface area (Å²) in [6.45, 7) is 2.28. The van der Waals surface area contributed by atoms with Gasteiger partial charge in [0.05, 0.1) is 30.8 Å². The first kappa shape index (κ1) is 22.3. The van der Waals surface area contributed by atoms with E-state index in [1.54, 1.807) is 30.4 Å². The van der Waals surface area contributed by atoms with Gasteiger partial charge in [0.1, 0.15) is 5.82 Å². The quantitative estimate of drug-likeness (QED) is 0.607. The lowest BCUT2D eigenvalue weighted by Gasteiger charge is -2.36. The minimum Gasteiger partial charge on any atom is -0.466 e. The van der Waals surface area contributed by atoms with Gasteiger partial charge in [-0.05, 0) is 47.9 Å². The van der Waals surface area contributed by atoms with Crippen LogP contribution >= 0.6 is 23.1 Å². The van der Waals surface area contributed by atoms with Crippen LogP contribution in [0, 0.1) is 5.82 Å². The number of amidine groups is 1. The number of halogens is 1. The van der Waals surface area contributed by atoms with Crippen LogP contribution in [0.4, 0.5) is 4.39 Å². The monoisotopic (exact) mass is 471 g/mol. The molecule has 0 radical (unpaired) electrons. The molecule has 0 bridgehead atoms. The lowest BCUT2D eigenvalue weighted by Crippen LogP contribution is -2.38. The molecule has 2 aliphatic heterocycles. The van der Waals surface area contributed by atoms with Crippen molar-refractivity contribution in [3.63, 3.8) is 0 Å². The number of allylic oxidation sites excluding steroid dienone is 1. The summed E-state index contributed by atoms with van der Waals surface area (Å²) in [5.41, 5.74) is 2.13. The van der Waals surface area contributed by atoms with E-state index in [9.17, 15) is 14.0 Å². The molecule has 0 saturated heterocycles. The molecule has 0 fully saturated rings. The number of amides is 1. The lowest BCUT2D eigenvalue weighted by atomic mass is 9.94.